The molecule has 8 nitrogen and oxygen atoms in total. The number of piperidine rings is 1. The van der Waals surface area contributed by atoms with Gasteiger partial charge in [0.15, 0.2) is 10.1 Å². The monoisotopic (exact) mass is 496 g/mol. The van der Waals surface area contributed by atoms with Crippen molar-refractivity contribution in [2.75, 3.05) is 18.8 Å². The van der Waals surface area contributed by atoms with E-state index in [0.29, 0.717) is 40.2 Å². The fraction of sp³-hybridized carbons (Fsp3) is 0.304. The zero-order valence-electron chi connectivity index (χ0n) is 18.2. The highest BCUT2D eigenvalue weighted by molar-refractivity contribution is 7.19. The van der Waals surface area contributed by atoms with Crippen molar-refractivity contribution in [1.29, 1.82) is 0 Å². The molecule has 11 heteroatoms. The molecule has 2 amide bonds. The number of benzene rings is 1. The number of halogens is 1. The van der Waals surface area contributed by atoms with E-state index in [-0.39, 0.29) is 34.5 Å². The van der Waals surface area contributed by atoms with Gasteiger partial charge >= 0.3 is 0 Å². The number of fused-ring (bicyclic) bond motifs is 2. The molecule has 4 heterocycles. The SMILES string of the molecule is Cc1c(C(=O)NCC2[C@H]3CC3CN2C(=O)c2nc(N)sc2-c2cccc(F)c2)sc2nccn12. The number of hydrogen-bond acceptors (Lipinski definition) is 7. The normalized spacial score (nSPS) is 21.1. The van der Waals surface area contributed by atoms with Gasteiger partial charge in [0.1, 0.15) is 16.4 Å². The van der Waals surface area contributed by atoms with Crippen molar-refractivity contribution in [3.8, 4) is 10.4 Å². The van der Waals surface area contributed by atoms with E-state index in [0.717, 1.165) is 17.1 Å². The van der Waals surface area contributed by atoms with Gasteiger partial charge in [-0.05, 0) is 42.9 Å². The Kier molecular flexibility index (Phi) is 4.92. The summed E-state index contributed by atoms with van der Waals surface area (Å²) in [6.45, 7) is 2.87. The van der Waals surface area contributed by atoms with Gasteiger partial charge in [-0.3, -0.25) is 14.0 Å². The Morgan fingerprint density at radius 1 is 1.32 bits per heavy atom. The highest BCUT2D eigenvalue weighted by Gasteiger charge is 2.54. The van der Waals surface area contributed by atoms with E-state index in [1.54, 1.807) is 23.2 Å². The molecule has 2 unspecified atom stereocenters. The summed E-state index contributed by atoms with van der Waals surface area (Å²) in [6.07, 6.45) is 4.59. The fourth-order valence-corrected chi connectivity index (χ4v) is 6.72. The molecule has 1 aliphatic carbocycles. The van der Waals surface area contributed by atoms with Crippen LogP contribution < -0.4 is 11.1 Å². The van der Waals surface area contributed by atoms with Crippen molar-refractivity contribution in [2.45, 2.75) is 19.4 Å². The number of rotatable bonds is 5. The van der Waals surface area contributed by atoms with Gasteiger partial charge in [-0.25, -0.2) is 14.4 Å². The minimum Gasteiger partial charge on any atom is -0.375 e. The molecule has 1 saturated carbocycles. The van der Waals surface area contributed by atoms with Gasteiger partial charge in [-0.2, -0.15) is 0 Å². The molecule has 0 spiro atoms. The van der Waals surface area contributed by atoms with E-state index in [1.807, 2.05) is 17.5 Å². The molecule has 1 saturated heterocycles. The van der Waals surface area contributed by atoms with Crippen molar-refractivity contribution >= 4 is 44.6 Å². The predicted octanol–water partition coefficient (Wildman–Crippen LogP) is 3.44. The van der Waals surface area contributed by atoms with Gasteiger partial charge in [0.2, 0.25) is 0 Å². The third-order valence-corrected chi connectivity index (χ3v) is 8.77. The molecule has 2 aliphatic rings. The molecule has 174 valence electrons. The number of aryl methyl sites for hydroxylation is 1. The van der Waals surface area contributed by atoms with Gasteiger partial charge in [0.25, 0.3) is 11.8 Å². The molecular weight excluding hydrogens is 475 g/mol. The predicted molar refractivity (Wildman–Crippen MR) is 128 cm³/mol. The molecule has 0 bridgehead atoms. The molecule has 3 atom stereocenters. The second kappa shape index (κ2) is 7.88. The third kappa shape index (κ3) is 3.46. The minimum absolute atomic E-state index is 0.117. The van der Waals surface area contributed by atoms with Gasteiger partial charge in [0, 0.05) is 31.2 Å². The Balaban J connectivity index is 1.23. The average molecular weight is 497 g/mol. The lowest BCUT2D eigenvalue weighted by atomic mass is 10.1. The van der Waals surface area contributed by atoms with Crippen LogP contribution in [-0.2, 0) is 0 Å². The Bertz CT molecular complexity index is 1440. The lowest BCUT2D eigenvalue weighted by Crippen LogP contribution is -2.45. The van der Waals surface area contributed by atoms with Crippen LogP contribution in [0, 0.1) is 24.6 Å². The molecule has 0 radical (unpaired) electrons. The van der Waals surface area contributed by atoms with Gasteiger partial charge < -0.3 is 16.0 Å². The van der Waals surface area contributed by atoms with Gasteiger partial charge in [0.05, 0.1) is 10.9 Å². The van der Waals surface area contributed by atoms with Crippen molar-refractivity contribution in [3.05, 3.63) is 58.7 Å². The summed E-state index contributed by atoms with van der Waals surface area (Å²) in [4.78, 5) is 38.8. The lowest BCUT2D eigenvalue weighted by molar-refractivity contribution is 0.0691. The van der Waals surface area contributed by atoms with Crippen molar-refractivity contribution in [1.82, 2.24) is 24.6 Å². The van der Waals surface area contributed by atoms with E-state index >= 15 is 0 Å². The number of imidazole rings is 1. The quantitative estimate of drug-likeness (QED) is 0.440. The second-order valence-corrected chi connectivity index (χ2v) is 10.7. The first-order valence-corrected chi connectivity index (χ1v) is 12.6. The van der Waals surface area contributed by atoms with Gasteiger partial charge in [-0.15, -0.1) is 0 Å². The summed E-state index contributed by atoms with van der Waals surface area (Å²) in [6, 6.07) is 5.96. The first-order valence-electron chi connectivity index (χ1n) is 10.9. The van der Waals surface area contributed by atoms with Crippen molar-refractivity contribution in [2.24, 2.45) is 11.8 Å². The molecular formula is C23H21FN6O2S2. The Labute approximate surface area is 202 Å². The minimum atomic E-state index is -0.387. The zero-order valence-corrected chi connectivity index (χ0v) is 19.8. The van der Waals surface area contributed by atoms with E-state index in [2.05, 4.69) is 15.3 Å². The van der Waals surface area contributed by atoms with Crippen LogP contribution in [0.3, 0.4) is 0 Å². The summed E-state index contributed by atoms with van der Waals surface area (Å²) in [7, 11) is 0. The number of nitrogens with zero attached hydrogens (tertiary/aromatic N) is 4. The highest BCUT2D eigenvalue weighted by Crippen LogP contribution is 2.50. The standard InChI is InChI=1S/C23H21FN6O2S2/c1-11-18(34-23-26-5-6-29(11)23)20(31)27-9-16-15-8-13(15)10-30(16)21(32)17-19(33-22(25)28-17)12-3-2-4-14(24)7-12/h2-7,13,15-16H,8-10H2,1H3,(H2,25,28)(H,27,31)/t13?,15-,16?/m0/s1. The maximum Gasteiger partial charge on any atom is 0.274 e. The van der Waals surface area contributed by atoms with E-state index in [9.17, 15) is 14.0 Å². The van der Waals surface area contributed by atoms with Crippen LogP contribution >= 0.6 is 22.7 Å². The van der Waals surface area contributed by atoms with Crippen LogP contribution in [0.2, 0.25) is 0 Å². The number of aromatic nitrogens is 3. The smallest absolute Gasteiger partial charge is 0.274 e. The number of carbonyl (C=O) groups is 2. The molecule has 1 aromatic carbocycles. The highest BCUT2D eigenvalue weighted by atomic mass is 32.1. The summed E-state index contributed by atoms with van der Waals surface area (Å²) in [5, 5.41) is 3.29. The summed E-state index contributed by atoms with van der Waals surface area (Å²) in [5.41, 5.74) is 7.60. The van der Waals surface area contributed by atoms with Crippen LogP contribution in [0.15, 0.2) is 36.7 Å². The molecule has 2 fully saturated rings. The number of carbonyl (C=O) groups excluding carboxylic acids is 2. The summed E-state index contributed by atoms with van der Waals surface area (Å²) in [5.74, 6) is 0.0142. The number of nitrogens with two attached hydrogens (primary N) is 1. The molecule has 6 rings (SSSR count). The number of likely N-dealkylation sites (tertiary alicyclic amines) is 1. The largest absolute Gasteiger partial charge is 0.375 e. The fourth-order valence-electron chi connectivity index (χ4n) is 4.89. The average Bonchev–Trinajstić information content (AvgIpc) is 3.18. The third-order valence-electron chi connectivity index (χ3n) is 6.67. The molecule has 1 aliphatic heterocycles. The number of nitrogens with one attached hydrogen (secondary N) is 1. The molecule has 34 heavy (non-hydrogen) atoms. The first kappa shape index (κ1) is 21.2. The van der Waals surface area contributed by atoms with Crippen molar-refractivity contribution in [3.63, 3.8) is 0 Å². The topological polar surface area (TPSA) is 106 Å². The zero-order chi connectivity index (χ0) is 23.6. The molecule has 3 N–H and O–H groups in total. The maximum absolute atomic E-state index is 13.8. The number of nitrogen functional groups attached to an aromatic ring is 1. The number of thiazole rings is 2. The van der Waals surface area contributed by atoms with E-state index < -0.39 is 0 Å². The first-order chi connectivity index (χ1) is 16.4. The summed E-state index contributed by atoms with van der Waals surface area (Å²) < 4.78 is 15.7. The summed E-state index contributed by atoms with van der Waals surface area (Å²) >= 11 is 2.52. The van der Waals surface area contributed by atoms with Crippen LogP contribution in [0.5, 0.6) is 0 Å². The lowest BCUT2D eigenvalue weighted by Gasteiger charge is -2.27. The Morgan fingerprint density at radius 2 is 2.18 bits per heavy atom. The molecule has 3 aromatic heterocycles. The van der Waals surface area contributed by atoms with Crippen LogP contribution in [-0.4, -0.2) is 50.2 Å². The number of amides is 2. The second-order valence-electron chi connectivity index (χ2n) is 8.73. The van der Waals surface area contributed by atoms with Crippen molar-refractivity contribution < 1.29 is 14.0 Å². The number of hydrogen-bond donors (Lipinski definition) is 2. The maximum atomic E-state index is 13.8. The van der Waals surface area contributed by atoms with Gasteiger partial charge in [-0.1, -0.05) is 34.8 Å². The van der Waals surface area contributed by atoms with Crippen LogP contribution in [0.1, 0.15) is 32.3 Å². The Morgan fingerprint density at radius 3 is 2.97 bits per heavy atom. The van der Waals surface area contributed by atoms with Crippen LogP contribution in [0.25, 0.3) is 15.4 Å². The van der Waals surface area contributed by atoms with E-state index in [4.69, 9.17) is 5.73 Å². The number of anilines is 1. The Hall–Kier alpha value is -3.31. The van der Waals surface area contributed by atoms with Crippen LogP contribution in [0.4, 0.5) is 9.52 Å². The molecule has 4 aromatic rings. The van der Waals surface area contributed by atoms with E-state index in [1.165, 1.54) is 34.8 Å².